The number of nitrogens with zero attached hydrogens (tertiary/aromatic N) is 2. The maximum absolute atomic E-state index is 12.0. The first kappa shape index (κ1) is 18.2. The first-order valence-corrected chi connectivity index (χ1v) is 8.81. The first-order chi connectivity index (χ1) is 11.6. The van der Waals surface area contributed by atoms with Gasteiger partial charge in [-0.15, -0.1) is 0 Å². The molecule has 7 heteroatoms. The van der Waals surface area contributed by atoms with Gasteiger partial charge < -0.3 is 14.0 Å². The van der Waals surface area contributed by atoms with Gasteiger partial charge in [-0.25, -0.2) is 0 Å². The summed E-state index contributed by atoms with van der Waals surface area (Å²) in [6.45, 7) is 4.54. The molecule has 0 N–H and O–H groups in total. The summed E-state index contributed by atoms with van der Waals surface area (Å²) in [7, 11) is 1.34. The molecular weight excluding hydrogens is 328 g/mol. The standard InChI is InChI=1S/C17H22N2O4S/c1-4-6-7-15(20)18-17-19(11-16(21)22-3)13-9-8-12(23-5-2)10-14(13)24-17/h8-10H,4-7,11H2,1-3H3. The molecule has 6 nitrogen and oxygen atoms in total. The predicted molar refractivity (Wildman–Crippen MR) is 93.1 cm³/mol. The van der Waals surface area contributed by atoms with E-state index < -0.39 is 0 Å². The van der Waals surface area contributed by atoms with E-state index >= 15 is 0 Å². The Labute approximate surface area is 144 Å². The molecule has 1 aromatic heterocycles. The highest BCUT2D eigenvalue weighted by Gasteiger charge is 2.12. The number of esters is 1. The molecule has 2 aromatic rings. The summed E-state index contributed by atoms with van der Waals surface area (Å²) in [5.74, 6) is 0.193. The molecule has 0 spiro atoms. The average molecular weight is 350 g/mol. The molecule has 1 aromatic carbocycles. The van der Waals surface area contributed by atoms with E-state index in [1.54, 1.807) is 4.57 Å². The van der Waals surface area contributed by atoms with Crippen LogP contribution in [-0.4, -0.2) is 30.2 Å². The topological polar surface area (TPSA) is 69.9 Å². The highest BCUT2D eigenvalue weighted by atomic mass is 32.1. The van der Waals surface area contributed by atoms with Gasteiger partial charge in [-0.2, -0.15) is 4.99 Å². The summed E-state index contributed by atoms with van der Waals surface area (Å²) >= 11 is 1.37. The van der Waals surface area contributed by atoms with Gasteiger partial charge in [0.2, 0.25) is 5.91 Å². The van der Waals surface area contributed by atoms with Crippen molar-refractivity contribution < 1.29 is 19.1 Å². The molecule has 0 radical (unpaired) electrons. The number of thiazole rings is 1. The van der Waals surface area contributed by atoms with E-state index in [0.29, 0.717) is 17.8 Å². The van der Waals surface area contributed by atoms with Crippen LogP contribution < -0.4 is 9.54 Å². The summed E-state index contributed by atoms with van der Waals surface area (Å²) in [6.07, 6.45) is 2.15. The van der Waals surface area contributed by atoms with E-state index in [4.69, 9.17) is 9.47 Å². The lowest BCUT2D eigenvalue weighted by atomic mass is 10.2. The van der Waals surface area contributed by atoms with Crippen LogP contribution in [0.5, 0.6) is 5.75 Å². The SMILES string of the molecule is CCCCC(=O)N=c1sc2cc(OCC)ccc2n1CC(=O)OC. The minimum Gasteiger partial charge on any atom is -0.494 e. The summed E-state index contributed by atoms with van der Waals surface area (Å²) in [4.78, 5) is 28.4. The predicted octanol–water partition coefficient (Wildman–Crippen LogP) is 2.89. The molecule has 0 atom stereocenters. The molecule has 1 heterocycles. The van der Waals surface area contributed by atoms with Crippen LogP contribution in [0.3, 0.4) is 0 Å². The highest BCUT2D eigenvalue weighted by Crippen LogP contribution is 2.23. The van der Waals surface area contributed by atoms with Crippen molar-refractivity contribution >= 4 is 33.4 Å². The first-order valence-electron chi connectivity index (χ1n) is 7.99. The fourth-order valence-corrected chi connectivity index (χ4v) is 3.31. The second-order valence-electron chi connectivity index (χ2n) is 5.22. The van der Waals surface area contributed by atoms with Gasteiger partial charge in [0.15, 0.2) is 4.80 Å². The molecule has 0 saturated heterocycles. The summed E-state index contributed by atoms with van der Waals surface area (Å²) in [5.41, 5.74) is 0.830. The second-order valence-corrected chi connectivity index (χ2v) is 6.23. The van der Waals surface area contributed by atoms with E-state index in [2.05, 4.69) is 4.99 Å². The Morgan fingerprint density at radius 1 is 1.29 bits per heavy atom. The molecule has 2 rings (SSSR count). The number of carbonyl (C=O) groups is 2. The Kier molecular flexibility index (Phi) is 6.54. The number of unbranched alkanes of at least 4 members (excludes halogenated alkanes) is 1. The normalized spacial score (nSPS) is 11.7. The van der Waals surface area contributed by atoms with Crippen molar-refractivity contribution in [1.82, 2.24) is 4.57 Å². The molecule has 24 heavy (non-hydrogen) atoms. The minimum absolute atomic E-state index is 0.0182. The smallest absolute Gasteiger partial charge is 0.325 e. The van der Waals surface area contributed by atoms with Gasteiger partial charge in [0.25, 0.3) is 0 Å². The highest BCUT2D eigenvalue weighted by molar-refractivity contribution is 7.16. The third kappa shape index (κ3) is 4.44. The fraction of sp³-hybridized carbons (Fsp3) is 0.471. The van der Waals surface area contributed by atoms with E-state index in [9.17, 15) is 9.59 Å². The van der Waals surface area contributed by atoms with Crippen LogP contribution in [0.4, 0.5) is 0 Å². The summed E-state index contributed by atoms with van der Waals surface area (Å²) < 4.78 is 12.9. The number of ether oxygens (including phenoxy) is 2. The number of benzene rings is 1. The van der Waals surface area contributed by atoms with E-state index in [1.807, 2.05) is 32.0 Å². The Bertz CT molecular complexity index is 791. The third-order valence-corrected chi connectivity index (χ3v) is 4.49. The fourth-order valence-electron chi connectivity index (χ4n) is 2.23. The number of methoxy groups -OCH3 is 1. The summed E-state index contributed by atoms with van der Waals surface area (Å²) in [5, 5.41) is 0. The van der Waals surface area contributed by atoms with Crippen LogP contribution in [0.1, 0.15) is 33.1 Å². The van der Waals surface area contributed by atoms with Gasteiger partial charge >= 0.3 is 5.97 Å². The zero-order valence-electron chi connectivity index (χ0n) is 14.2. The maximum Gasteiger partial charge on any atom is 0.325 e. The number of fused-ring (bicyclic) bond motifs is 1. The van der Waals surface area contributed by atoms with Crippen molar-refractivity contribution in [3.05, 3.63) is 23.0 Å². The van der Waals surface area contributed by atoms with Crippen LogP contribution in [0.25, 0.3) is 10.2 Å². The molecule has 0 aliphatic rings. The number of aromatic nitrogens is 1. The zero-order valence-corrected chi connectivity index (χ0v) is 15.0. The van der Waals surface area contributed by atoms with Crippen molar-refractivity contribution in [2.45, 2.75) is 39.7 Å². The van der Waals surface area contributed by atoms with Gasteiger partial charge in [0.05, 0.1) is 23.9 Å². The molecule has 0 aliphatic heterocycles. The minimum atomic E-state index is -0.383. The lowest BCUT2D eigenvalue weighted by molar-refractivity contribution is -0.141. The third-order valence-electron chi connectivity index (χ3n) is 3.44. The number of hydrogen-bond donors (Lipinski definition) is 0. The van der Waals surface area contributed by atoms with E-state index in [0.717, 1.165) is 28.8 Å². The molecule has 130 valence electrons. The van der Waals surface area contributed by atoms with Gasteiger partial charge in [0, 0.05) is 6.42 Å². The lowest BCUT2D eigenvalue weighted by Gasteiger charge is -2.05. The largest absolute Gasteiger partial charge is 0.494 e. The van der Waals surface area contributed by atoms with Crippen LogP contribution in [0.2, 0.25) is 0 Å². The molecular formula is C17H22N2O4S. The van der Waals surface area contributed by atoms with Gasteiger partial charge in [-0.1, -0.05) is 24.7 Å². The number of carbonyl (C=O) groups excluding carboxylic acids is 2. The lowest BCUT2D eigenvalue weighted by Crippen LogP contribution is -2.22. The van der Waals surface area contributed by atoms with Crippen molar-refractivity contribution in [2.75, 3.05) is 13.7 Å². The Morgan fingerprint density at radius 3 is 2.75 bits per heavy atom. The second kappa shape index (κ2) is 8.63. The van der Waals surface area contributed by atoms with Crippen LogP contribution in [0.15, 0.2) is 23.2 Å². The van der Waals surface area contributed by atoms with Gasteiger partial charge in [-0.3, -0.25) is 9.59 Å². The van der Waals surface area contributed by atoms with Crippen LogP contribution >= 0.6 is 11.3 Å². The summed E-state index contributed by atoms with van der Waals surface area (Å²) in [6, 6.07) is 5.61. The van der Waals surface area contributed by atoms with Gasteiger partial charge in [0.1, 0.15) is 12.3 Å². The monoisotopic (exact) mass is 350 g/mol. The van der Waals surface area contributed by atoms with Crippen molar-refractivity contribution in [3.63, 3.8) is 0 Å². The molecule has 0 aliphatic carbocycles. The van der Waals surface area contributed by atoms with E-state index in [-0.39, 0.29) is 18.4 Å². The Hall–Kier alpha value is -2.15. The van der Waals surface area contributed by atoms with E-state index in [1.165, 1.54) is 18.4 Å². The number of hydrogen-bond acceptors (Lipinski definition) is 5. The molecule has 0 fully saturated rings. The van der Waals surface area contributed by atoms with Crippen molar-refractivity contribution in [3.8, 4) is 5.75 Å². The Morgan fingerprint density at radius 2 is 2.08 bits per heavy atom. The maximum atomic E-state index is 12.0. The zero-order chi connectivity index (χ0) is 17.5. The number of amides is 1. The molecule has 0 unspecified atom stereocenters. The van der Waals surface area contributed by atoms with Crippen LogP contribution in [0, 0.1) is 0 Å². The average Bonchev–Trinajstić information content (AvgIpc) is 2.89. The van der Waals surface area contributed by atoms with Crippen molar-refractivity contribution in [2.24, 2.45) is 4.99 Å². The van der Waals surface area contributed by atoms with Gasteiger partial charge in [-0.05, 0) is 31.5 Å². The quantitative estimate of drug-likeness (QED) is 0.720. The molecule has 0 bridgehead atoms. The Balaban J connectivity index is 2.50. The number of rotatable bonds is 7. The van der Waals surface area contributed by atoms with Crippen molar-refractivity contribution in [1.29, 1.82) is 0 Å². The molecule has 1 amide bonds. The molecule has 0 saturated carbocycles. The van der Waals surface area contributed by atoms with Crippen LogP contribution in [-0.2, 0) is 20.9 Å².